The van der Waals surface area contributed by atoms with E-state index in [-0.39, 0.29) is 11.3 Å². The molecule has 6 nitrogen and oxygen atoms in total. The van der Waals surface area contributed by atoms with E-state index in [2.05, 4.69) is 10.3 Å². The number of carbonyl (C=O) groups is 1. The average molecular weight is 292 g/mol. The molecule has 0 saturated carbocycles. The molecule has 102 valence electrons. The Balaban J connectivity index is 2.29. The number of amides is 1. The molecule has 0 radical (unpaired) electrons. The molecule has 1 heterocycles. The highest BCUT2D eigenvalue weighted by Gasteiger charge is 2.16. The molecule has 0 saturated heterocycles. The number of nitrogens with one attached hydrogen (secondary N) is 1. The lowest BCUT2D eigenvalue weighted by Gasteiger charge is -2.07. The summed E-state index contributed by atoms with van der Waals surface area (Å²) in [4.78, 5) is 26.1. The number of anilines is 1. The van der Waals surface area contributed by atoms with Crippen LogP contribution in [-0.2, 0) is 0 Å². The summed E-state index contributed by atoms with van der Waals surface area (Å²) in [6.45, 7) is 1.61. The minimum Gasteiger partial charge on any atom is -0.322 e. The predicted octanol–water partition coefficient (Wildman–Crippen LogP) is 3.20. The van der Waals surface area contributed by atoms with Crippen LogP contribution < -0.4 is 5.32 Å². The third kappa shape index (κ3) is 3.10. The van der Waals surface area contributed by atoms with Crippen LogP contribution >= 0.6 is 11.6 Å². The molecule has 1 aromatic heterocycles. The SMILES string of the molecule is Cc1ncc([N+](=O)[O-])cc1C(=O)Nc1cccc(Cl)c1. The van der Waals surface area contributed by atoms with Crippen LogP contribution in [0.3, 0.4) is 0 Å². The number of aryl methyl sites for hydroxylation is 1. The number of rotatable bonds is 3. The van der Waals surface area contributed by atoms with Crippen molar-refractivity contribution in [3.63, 3.8) is 0 Å². The molecule has 7 heteroatoms. The Hall–Kier alpha value is -2.47. The van der Waals surface area contributed by atoms with Gasteiger partial charge in [0.05, 0.1) is 16.2 Å². The van der Waals surface area contributed by atoms with Gasteiger partial charge in [0.2, 0.25) is 0 Å². The van der Waals surface area contributed by atoms with Crippen LogP contribution in [0.1, 0.15) is 16.1 Å². The topological polar surface area (TPSA) is 85.1 Å². The molecule has 0 aliphatic rings. The van der Waals surface area contributed by atoms with Crippen molar-refractivity contribution in [1.82, 2.24) is 4.98 Å². The van der Waals surface area contributed by atoms with Crippen molar-refractivity contribution in [3.8, 4) is 0 Å². The molecule has 0 unspecified atom stereocenters. The van der Waals surface area contributed by atoms with Crippen molar-refractivity contribution >= 4 is 28.9 Å². The van der Waals surface area contributed by atoms with E-state index in [1.165, 1.54) is 6.07 Å². The predicted molar refractivity (Wildman–Crippen MR) is 75.0 cm³/mol. The molecule has 0 aliphatic carbocycles. The first kappa shape index (κ1) is 14.0. The lowest BCUT2D eigenvalue weighted by molar-refractivity contribution is -0.385. The molecule has 0 aliphatic heterocycles. The summed E-state index contributed by atoms with van der Waals surface area (Å²) in [6, 6.07) is 7.82. The van der Waals surface area contributed by atoms with Crippen LogP contribution in [0.4, 0.5) is 11.4 Å². The molecule has 0 bridgehead atoms. The van der Waals surface area contributed by atoms with Crippen LogP contribution in [0, 0.1) is 17.0 Å². The first-order valence-corrected chi connectivity index (χ1v) is 6.03. The van der Waals surface area contributed by atoms with Gasteiger partial charge >= 0.3 is 0 Å². The quantitative estimate of drug-likeness (QED) is 0.695. The summed E-state index contributed by atoms with van der Waals surface area (Å²) < 4.78 is 0. The zero-order valence-corrected chi connectivity index (χ0v) is 11.2. The van der Waals surface area contributed by atoms with E-state index in [1.54, 1.807) is 31.2 Å². The minimum absolute atomic E-state index is 0.152. The number of nitrogens with zero attached hydrogens (tertiary/aromatic N) is 2. The Labute approximate surface area is 119 Å². The molecule has 2 aromatic rings. The zero-order chi connectivity index (χ0) is 14.7. The van der Waals surface area contributed by atoms with Crippen molar-refractivity contribution in [1.29, 1.82) is 0 Å². The van der Waals surface area contributed by atoms with Gasteiger partial charge in [-0.05, 0) is 25.1 Å². The molecule has 20 heavy (non-hydrogen) atoms. The highest BCUT2D eigenvalue weighted by Crippen LogP contribution is 2.18. The summed E-state index contributed by atoms with van der Waals surface area (Å²) in [6.07, 6.45) is 1.12. The van der Waals surface area contributed by atoms with Gasteiger partial charge in [0, 0.05) is 16.8 Å². The maximum Gasteiger partial charge on any atom is 0.288 e. The van der Waals surface area contributed by atoms with Crippen LogP contribution in [0.5, 0.6) is 0 Å². The number of hydrogen-bond acceptors (Lipinski definition) is 4. The number of benzene rings is 1. The van der Waals surface area contributed by atoms with Crippen LogP contribution in [0.25, 0.3) is 0 Å². The van der Waals surface area contributed by atoms with E-state index in [9.17, 15) is 14.9 Å². The van der Waals surface area contributed by atoms with E-state index in [0.717, 1.165) is 6.20 Å². The van der Waals surface area contributed by atoms with Crippen LogP contribution in [0.15, 0.2) is 36.5 Å². The van der Waals surface area contributed by atoms with Gasteiger partial charge in [-0.2, -0.15) is 0 Å². The zero-order valence-electron chi connectivity index (χ0n) is 10.5. The number of halogens is 1. The van der Waals surface area contributed by atoms with Gasteiger partial charge in [-0.15, -0.1) is 0 Å². The summed E-state index contributed by atoms with van der Waals surface area (Å²) >= 11 is 5.82. The van der Waals surface area contributed by atoms with Gasteiger partial charge in [0.15, 0.2) is 0 Å². The van der Waals surface area contributed by atoms with Crippen LogP contribution in [0.2, 0.25) is 5.02 Å². The maximum atomic E-state index is 12.1. The summed E-state index contributed by atoms with van der Waals surface area (Å²) in [5, 5.41) is 13.8. The first-order valence-electron chi connectivity index (χ1n) is 5.65. The lowest BCUT2D eigenvalue weighted by atomic mass is 10.1. The second-order valence-corrected chi connectivity index (χ2v) is 4.48. The molecule has 2 rings (SSSR count). The largest absolute Gasteiger partial charge is 0.322 e. The summed E-state index contributed by atoms with van der Waals surface area (Å²) in [5.74, 6) is -0.471. The maximum absolute atomic E-state index is 12.1. The summed E-state index contributed by atoms with van der Waals surface area (Å²) in [7, 11) is 0. The molecule has 0 fully saturated rings. The van der Waals surface area contributed by atoms with Gasteiger partial charge in [-0.1, -0.05) is 17.7 Å². The van der Waals surface area contributed by atoms with Crippen molar-refractivity contribution in [2.24, 2.45) is 0 Å². The molecule has 0 spiro atoms. The number of hydrogen-bond donors (Lipinski definition) is 1. The Bertz CT molecular complexity index is 688. The highest BCUT2D eigenvalue weighted by molar-refractivity contribution is 6.31. The summed E-state index contributed by atoms with van der Waals surface area (Å²) in [5.41, 5.74) is 0.842. The smallest absolute Gasteiger partial charge is 0.288 e. The first-order chi connectivity index (χ1) is 9.47. The van der Waals surface area contributed by atoms with Gasteiger partial charge in [0.25, 0.3) is 11.6 Å². The fourth-order valence-electron chi connectivity index (χ4n) is 1.62. The van der Waals surface area contributed by atoms with E-state index in [0.29, 0.717) is 16.4 Å². The molecule has 1 amide bonds. The lowest BCUT2D eigenvalue weighted by Crippen LogP contribution is -2.14. The fourth-order valence-corrected chi connectivity index (χ4v) is 1.81. The standard InChI is InChI=1S/C13H10ClN3O3/c1-8-12(6-11(7-15-8)17(19)20)13(18)16-10-4-2-3-9(14)5-10/h2-7H,1H3,(H,16,18). The molecule has 1 N–H and O–H groups in total. The third-order valence-electron chi connectivity index (χ3n) is 2.61. The number of nitro groups is 1. The number of carbonyl (C=O) groups excluding carboxylic acids is 1. The second kappa shape index (κ2) is 5.66. The van der Waals surface area contributed by atoms with E-state index >= 15 is 0 Å². The molecule has 1 aromatic carbocycles. The van der Waals surface area contributed by atoms with E-state index < -0.39 is 10.8 Å². The molecular weight excluding hydrogens is 282 g/mol. The monoisotopic (exact) mass is 291 g/mol. The minimum atomic E-state index is -0.595. The van der Waals surface area contributed by atoms with Gasteiger partial charge in [-0.25, -0.2) is 0 Å². The fraction of sp³-hybridized carbons (Fsp3) is 0.0769. The van der Waals surface area contributed by atoms with Crippen molar-refractivity contribution < 1.29 is 9.72 Å². The van der Waals surface area contributed by atoms with Gasteiger partial charge < -0.3 is 5.32 Å². The number of pyridine rings is 1. The van der Waals surface area contributed by atoms with Gasteiger partial charge in [0.1, 0.15) is 6.20 Å². The number of aromatic nitrogens is 1. The van der Waals surface area contributed by atoms with Crippen molar-refractivity contribution in [2.45, 2.75) is 6.92 Å². The Morgan fingerprint density at radius 3 is 2.80 bits per heavy atom. The Kier molecular flexibility index (Phi) is 3.95. The second-order valence-electron chi connectivity index (χ2n) is 4.05. The van der Waals surface area contributed by atoms with Crippen molar-refractivity contribution in [3.05, 3.63) is 62.9 Å². The van der Waals surface area contributed by atoms with Crippen molar-refractivity contribution in [2.75, 3.05) is 5.32 Å². The Morgan fingerprint density at radius 2 is 2.15 bits per heavy atom. The molecule has 0 atom stereocenters. The molecular formula is C13H10ClN3O3. The highest BCUT2D eigenvalue weighted by atomic mass is 35.5. The average Bonchev–Trinajstić information content (AvgIpc) is 2.38. The van der Waals surface area contributed by atoms with E-state index in [1.807, 2.05) is 0 Å². The van der Waals surface area contributed by atoms with Crippen LogP contribution in [-0.4, -0.2) is 15.8 Å². The van der Waals surface area contributed by atoms with Gasteiger partial charge in [-0.3, -0.25) is 19.9 Å². The van der Waals surface area contributed by atoms with E-state index in [4.69, 9.17) is 11.6 Å². The normalized spacial score (nSPS) is 10.1. The Morgan fingerprint density at radius 1 is 1.40 bits per heavy atom. The third-order valence-corrected chi connectivity index (χ3v) is 2.85.